The molecule has 0 saturated carbocycles. The Labute approximate surface area is 84.5 Å². The predicted octanol–water partition coefficient (Wildman–Crippen LogP) is 1.52. The summed E-state index contributed by atoms with van der Waals surface area (Å²) < 4.78 is 5.70. The first kappa shape index (κ1) is 9.46. The van der Waals surface area contributed by atoms with Crippen LogP contribution in [0.2, 0.25) is 0 Å². The number of nitrogens with one attached hydrogen (secondary N) is 1. The smallest absolute Gasteiger partial charge is 0.140 e. The van der Waals surface area contributed by atoms with E-state index in [4.69, 9.17) is 4.74 Å². The Hall–Kier alpha value is -1.09. The lowest BCUT2D eigenvalue weighted by molar-refractivity contribution is 0.274. The van der Waals surface area contributed by atoms with E-state index in [0.717, 1.165) is 24.5 Å². The van der Waals surface area contributed by atoms with E-state index in [0.29, 0.717) is 6.04 Å². The van der Waals surface area contributed by atoms with Crippen molar-refractivity contribution in [2.24, 2.45) is 0 Å². The van der Waals surface area contributed by atoms with Gasteiger partial charge in [0.25, 0.3) is 0 Å². The van der Waals surface area contributed by atoms with Gasteiger partial charge < -0.3 is 10.1 Å². The summed E-state index contributed by atoms with van der Waals surface area (Å²) in [6, 6.07) is 2.49. The quantitative estimate of drug-likeness (QED) is 0.788. The first-order valence-corrected chi connectivity index (χ1v) is 5.13. The van der Waals surface area contributed by atoms with E-state index < -0.39 is 0 Å². The molecule has 0 bridgehead atoms. The van der Waals surface area contributed by atoms with Crippen LogP contribution in [0.25, 0.3) is 0 Å². The van der Waals surface area contributed by atoms with Crippen LogP contribution in [-0.2, 0) is 0 Å². The van der Waals surface area contributed by atoms with Crippen LogP contribution >= 0.6 is 0 Å². The normalized spacial score (nSPS) is 21.1. The minimum Gasteiger partial charge on any atom is -0.490 e. The number of aromatic nitrogens is 1. The molecule has 14 heavy (non-hydrogen) atoms. The van der Waals surface area contributed by atoms with Gasteiger partial charge in [0, 0.05) is 12.2 Å². The lowest BCUT2D eigenvalue weighted by Crippen LogP contribution is -2.28. The summed E-state index contributed by atoms with van der Waals surface area (Å²) in [5.74, 6) is 0.904. The number of hydrogen-bond acceptors (Lipinski definition) is 3. The summed E-state index contributed by atoms with van der Waals surface area (Å²) in [4.78, 5) is 4.05. The van der Waals surface area contributed by atoms with Gasteiger partial charge in [-0.05, 0) is 37.9 Å². The van der Waals surface area contributed by atoms with E-state index in [-0.39, 0.29) is 0 Å². The van der Waals surface area contributed by atoms with Gasteiger partial charge in [0.15, 0.2) is 0 Å². The summed E-state index contributed by atoms with van der Waals surface area (Å²) in [7, 11) is 0. The molecule has 1 aromatic heterocycles. The van der Waals surface area contributed by atoms with Gasteiger partial charge in [0.05, 0.1) is 6.20 Å². The van der Waals surface area contributed by atoms with Crippen molar-refractivity contribution in [3.63, 3.8) is 0 Å². The van der Waals surface area contributed by atoms with E-state index in [1.54, 1.807) is 12.4 Å². The third kappa shape index (κ3) is 2.23. The van der Waals surface area contributed by atoms with Crippen LogP contribution in [0, 0.1) is 6.92 Å². The van der Waals surface area contributed by atoms with Crippen molar-refractivity contribution in [2.75, 3.05) is 13.2 Å². The lowest BCUT2D eigenvalue weighted by Gasteiger charge is -2.12. The van der Waals surface area contributed by atoms with Crippen molar-refractivity contribution in [3.05, 3.63) is 24.0 Å². The molecular formula is C11H16N2O. The highest BCUT2D eigenvalue weighted by Gasteiger charge is 2.14. The second kappa shape index (κ2) is 4.42. The van der Waals surface area contributed by atoms with Crippen molar-refractivity contribution in [2.45, 2.75) is 25.8 Å². The first-order chi connectivity index (χ1) is 6.86. The maximum Gasteiger partial charge on any atom is 0.140 e. The molecular weight excluding hydrogens is 176 g/mol. The molecule has 2 rings (SSSR count). The molecule has 1 N–H and O–H groups in total. The molecule has 1 fully saturated rings. The predicted molar refractivity (Wildman–Crippen MR) is 55.5 cm³/mol. The number of ether oxygens (including phenoxy) is 1. The van der Waals surface area contributed by atoms with Gasteiger partial charge >= 0.3 is 0 Å². The minimum atomic E-state index is 0.523. The van der Waals surface area contributed by atoms with Crippen molar-refractivity contribution in [3.8, 4) is 5.75 Å². The summed E-state index contributed by atoms with van der Waals surface area (Å²) >= 11 is 0. The van der Waals surface area contributed by atoms with E-state index in [2.05, 4.69) is 10.3 Å². The van der Waals surface area contributed by atoms with Crippen molar-refractivity contribution in [1.82, 2.24) is 10.3 Å². The number of rotatable bonds is 3. The van der Waals surface area contributed by atoms with Crippen LogP contribution in [0.4, 0.5) is 0 Å². The van der Waals surface area contributed by atoms with Crippen molar-refractivity contribution < 1.29 is 4.74 Å². The number of aryl methyl sites for hydroxylation is 1. The summed E-state index contributed by atoms with van der Waals surface area (Å²) in [5.41, 5.74) is 1.15. The molecule has 1 unspecified atom stereocenters. The summed E-state index contributed by atoms with van der Waals surface area (Å²) in [6.45, 7) is 3.92. The summed E-state index contributed by atoms with van der Waals surface area (Å²) in [5, 5.41) is 3.40. The van der Waals surface area contributed by atoms with Gasteiger partial charge in [0.2, 0.25) is 0 Å². The van der Waals surface area contributed by atoms with Crippen LogP contribution < -0.4 is 10.1 Å². The molecule has 1 atom stereocenters. The Morgan fingerprint density at radius 1 is 1.64 bits per heavy atom. The fraction of sp³-hybridized carbons (Fsp3) is 0.545. The highest BCUT2D eigenvalue weighted by molar-refractivity contribution is 5.27. The first-order valence-electron chi connectivity index (χ1n) is 5.13. The molecule has 1 saturated heterocycles. The Bertz CT molecular complexity index is 295. The number of pyridine rings is 1. The maximum absolute atomic E-state index is 5.70. The average molecular weight is 192 g/mol. The highest BCUT2D eigenvalue weighted by Crippen LogP contribution is 2.15. The third-order valence-corrected chi connectivity index (χ3v) is 2.59. The van der Waals surface area contributed by atoms with Crippen LogP contribution in [-0.4, -0.2) is 24.2 Å². The van der Waals surface area contributed by atoms with Crippen LogP contribution in [0.3, 0.4) is 0 Å². The largest absolute Gasteiger partial charge is 0.490 e. The fourth-order valence-electron chi connectivity index (χ4n) is 1.69. The molecule has 0 aromatic carbocycles. The zero-order valence-corrected chi connectivity index (χ0v) is 8.49. The zero-order valence-electron chi connectivity index (χ0n) is 8.49. The molecule has 76 valence electrons. The van der Waals surface area contributed by atoms with E-state index in [1.807, 2.05) is 13.0 Å². The lowest BCUT2D eigenvalue weighted by atomic mass is 10.2. The molecule has 1 aliphatic heterocycles. The van der Waals surface area contributed by atoms with Gasteiger partial charge in [-0.15, -0.1) is 0 Å². The fourth-order valence-corrected chi connectivity index (χ4v) is 1.69. The Kier molecular flexibility index (Phi) is 2.99. The monoisotopic (exact) mass is 192 g/mol. The summed E-state index contributed by atoms with van der Waals surface area (Å²) in [6.07, 6.45) is 6.06. The molecule has 0 aliphatic carbocycles. The van der Waals surface area contributed by atoms with Crippen molar-refractivity contribution >= 4 is 0 Å². The maximum atomic E-state index is 5.70. The highest BCUT2D eigenvalue weighted by atomic mass is 16.5. The van der Waals surface area contributed by atoms with E-state index >= 15 is 0 Å². The number of nitrogens with zero attached hydrogens (tertiary/aromatic N) is 1. The average Bonchev–Trinajstić information content (AvgIpc) is 2.69. The van der Waals surface area contributed by atoms with Gasteiger partial charge in [-0.2, -0.15) is 0 Å². The molecule has 2 heterocycles. The van der Waals surface area contributed by atoms with Gasteiger partial charge in [-0.1, -0.05) is 0 Å². The molecule has 1 aliphatic rings. The molecule has 0 spiro atoms. The number of hydrogen-bond donors (Lipinski definition) is 1. The standard InChI is InChI=1S/C11H16N2O/c1-9-4-6-12-7-11(9)14-8-10-3-2-5-13-10/h4,6-7,10,13H,2-3,5,8H2,1H3. The van der Waals surface area contributed by atoms with Gasteiger partial charge in [0.1, 0.15) is 12.4 Å². The van der Waals surface area contributed by atoms with Crippen LogP contribution in [0.5, 0.6) is 5.75 Å². The second-order valence-electron chi connectivity index (χ2n) is 3.75. The molecule has 0 amide bonds. The minimum absolute atomic E-state index is 0.523. The molecule has 0 radical (unpaired) electrons. The zero-order chi connectivity index (χ0) is 9.80. The van der Waals surface area contributed by atoms with E-state index in [9.17, 15) is 0 Å². The second-order valence-corrected chi connectivity index (χ2v) is 3.75. The van der Waals surface area contributed by atoms with E-state index in [1.165, 1.54) is 12.8 Å². The molecule has 3 heteroatoms. The molecule has 1 aromatic rings. The molecule has 3 nitrogen and oxygen atoms in total. The Balaban J connectivity index is 1.88. The van der Waals surface area contributed by atoms with Crippen molar-refractivity contribution in [1.29, 1.82) is 0 Å². The topological polar surface area (TPSA) is 34.1 Å². The Morgan fingerprint density at radius 3 is 3.29 bits per heavy atom. The van der Waals surface area contributed by atoms with Gasteiger partial charge in [-0.25, -0.2) is 0 Å². The van der Waals surface area contributed by atoms with Crippen LogP contribution in [0.15, 0.2) is 18.5 Å². The van der Waals surface area contributed by atoms with Gasteiger partial charge in [-0.3, -0.25) is 4.98 Å². The Morgan fingerprint density at radius 2 is 2.57 bits per heavy atom. The van der Waals surface area contributed by atoms with Crippen LogP contribution in [0.1, 0.15) is 18.4 Å². The third-order valence-electron chi connectivity index (χ3n) is 2.59. The SMILES string of the molecule is Cc1ccncc1OCC1CCCN1.